The molecule has 1 N–H and O–H groups in total. The monoisotopic (exact) mass is 461 g/mol. The van der Waals surface area contributed by atoms with Crippen LogP contribution in [0.4, 0.5) is 13.2 Å². The van der Waals surface area contributed by atoms with Gasteiger partial charge in [0.15, 0.2) is 0 Å². The fraction of sp³-hybridized carbons (Fsp3) is 0.360. The van der Waals surface area contributed by atoms with Gasteiger partial charge in [-0.15, -0.1) is 0 Å². The number of aromatic nitrogens is 1. The van der Waals surface area contributed by atoms with Crippen LogP contribution in [0.5, 0.6) is 5.75 Å². The van der Waals surface area contributed by atoms with Crippen molar-refractivity contribution in [1.82, 2.24) is 4.98 Å². The number of carbonyl (C=O) groups is 1. The van der Waals surface area contributed by atoms with Crippen LogP contribution in [0, 0.1) is 6.92 Å². The maximum Gasteiger partial charge on any atom is 0.416 e. The second-order valence-corrected chi connectivity index (χ2v) is 8.14. The van der Waals surface area contributed by atoms with Gasteiger partial charge in [-0.2, -0.15) is 13.2 Å². The minimum atomic E-state index is -4.40. The molecular weight excluding hydrogens is 435 g/mol. The zero-order chi connectivity index (χ0) is 24.2. The lowest BCUT2D eigenvalue weighted by Gasteiger charge is -2.10. The number of aryl methyl sites for hydroxylation is 2. The molecule has 0 saturated heterocycles. The topological polar surface area (TPSA) is 72.6 Å². The molecule has 33 heavy (non-hydrogen) atoms. The fourth-order valence-corrected chi connectivity index (χ4v) is 3.46. The molecule has 0 aliphatic heterocycles. The van der Waals surface area contributed by atoms with Crippen LogP contribution in [-0.2, 0) is 23.8 Å². The molecule has 5 nitrogen and oxygen atoms in total. The molecule has 8 heteroatoms. The van der Waals surface area contributed by atoms with Crippen LogP contribution >= 0.6 is 0 Å². The molecule has 1 aromatic heterocycles. The van der Waals surface area contributed by atoms with Gasteiger partial charge in [-0.25, -0.2) is 4.98 Å². The van der Waals surface area contributed by atoms with Gasteiger partial charge in [-0.05, 0) is 66.8 Å². The Morgan fingerprint density at radius 2 is 1.82 bits per heavy atom. The number of carboxylic acids is 1. The van der Waals surface area contributed by atoms with E-state index in [4.69, 9.17) is 14.3 Å². The number of rotatable bonds is 9. The van der Waals surface area contributed by atoms with Crippen molar-refractivity contribution >= 4 is 5.97 Å². The summed E-state index contributed by atoms with van der Waals surface area (Å²) in [5, 5.41) is 8.84. The number of aliphatic carboxylic acids is 1. The normalized spacial score (nSPS) is 11.7. The number of benzene rings is 2. The Balaban J connectivity index is 1.68. The third kappa shape index (κ3) is 6.37. The molecule has 0 radical (unpaired) electrons. The van der Waals surface area contributed by atoms with E-state index in [0.717, 1.165) is 29.0 Å². The lowest BCUT2D eigenvalue weighted by atomic mass is 10.0. The summed E-state index contributed by atoms with van der Waals surface area (Å²) in [6.07, 6.45) is -3.41. The minimum absolute atomic E-state index is 0.0720. The third-order valence-electron chi connectivity index (χ3n) is 5.25. The van der Waals surface area contributed by atoms with E-state index >= 15 is 0 Å². The zero-order valence-electron chi connectivity index (χ0n) is 18.7. The largest absolute Gasteiger partial charge is 0.493 e. The molecule has 0 unspecified atom stereocenters. The standard InChI is InChI=1S/C25H26F3NO4/c1-15(2)23-21(33-24(29-23)18-4-8-19(9-5-18)25(26,27)28)12-13-32-20-10-6-17(16(3)14-20)7-11-22(30)31/h4-6,8-10,14-15H,7,11-13H2,1-3H3,(H,30,31). The van der Waals surface area contributed by atoms with Crippen LogP contribution in [-0.4, -0.2) is 22.7 Å². The van der Waals surface area contributed by atoms with Gasteiger partial charge < -0.3 is 14.3 Å². The van der Waals surface area contributed by atoms with Crippen LogP contribution in [0.2, 0.25) is 0 Å². The van der Waals surface area contributed by atoms with E-state index in [1.54, 1.807) is 0 Å². The second kappa shape index (κ2) is 10.1. The van der Waals surface area contributed by atoms with Gasteiger partial charge in [-0.3, -0.25) is 4.79 Å². The van der Waals surface area contributed by atoms with Crippen molar-refractivity contribution < 1.29 is 32.2 Å². The van der Waals surface area contributed by atoms with Gasteiger partial charge in [0.05, 0.1) is 17.9 Å². The summed E-state index contributed by atoms with van der Waals surface area (Å²) in [5.74, 6) is 0.817. The molecule has 2 aromatic carbocycles. The van der Waals surface area contributed by atoms with Crippen molar-refractivity contribution in [2.45, 2.75) is 52.1 Å². The Bertz CT molecular complexity index is 1100. The van der Waals surface area contributed by atoms with E-state index < -0.39 is 17.7 Å². The highest BCUT2D eigenvalue weighted by Gasteiger charge is 2.30. The predicted octanol–water partition coefficient (Wildman–Crippen LogP) is 6.43. The average Bonchev–Trinajstić information content (AvgIpc) is 3.17. The number of hydrogen-bond donors (Lipinski definition) is 1. The summed E-state index contributed by atoms with van der Waals surface area (Å²) in [5.41, 5.74) is 2.42. The van der Waals surface area contributed by atoms with Crippen molar-refractivity contribution in [2.24, 2.45) is 0 Å². The lowest BCUT2D eigenvalue weighted by molar-refractivity contribution is -0.138. The summed E-state index contributed by atoms with van der Waals surface area (Å²) in [4.78, 5) is 15.3. The van der Waals surface area contributed by atoms with E-state index in [9.17, 15) is 18.0 Å². The van der Waals surface area contributed by atoms with E-state index in [2.05, 4.69) is 4.98 Å². The highest BCUT2D eigenvalue weighted by Crippen LogP contribution is 2.32. The number of hydrogen-bond acceptors (Lipinski definition) is 4. The Labute approximate surface area is 190 Å². The van der Waals surface area contributed by atoms with Crippen molar-refractivity contribution in [1.29, 1.82) is 0 Å². The molecule has 0 saturated carbocycles. The molecule has 0 aliphatic carbocycles. The number of carboxylic acid groups (broad SMARTS) is 1. The lowest BCUT2D eigenvalue weighted by Crippen LogP contribution is -2.04. The quantitative estimate of drug-likeness (QED) is 0.397. The average molecular weight is 461 g/mol. The first kappa shape index (κ1) is 24.4. The van der Waals surface area contributed by atoms with E-state index in [1.165, 1.54) is 12.1 Å². The summed E-state index contributed by atoms with van der Waals surface area (Å²) < 4.78 is 50.2. The first-order chi connectivity index (χ1) is 15.5. The van der Waals surface area contributed by atoms with Gasteiger partial charge in [0.25, 0.3) is 0 Å². The van der Waals surface area contributed by atoms with Crippen molar-refractivity contribution in [3.05, 3.63) is 70.6 Å². The number of alkyl halides is 3. The van der Waals surface area contributed by atoms with Crippen LogP contribution in [0.25, 0.3) is 11.5 Å². The maximum atomic E-state index is 12.8. The van der Waals surface area contributed by atoms with Crippen LogP contribution < -0.4 is 4.74 Å². The van der Waals surface area contributed by atoms with Crippen molar-refractivity contribution in [3.8, 4) is 17.2 Å². The summed E-state index contributed by atoms with van der Waals surface area (Å²) >= 11 is 0. The van der Waals surface area contributed by atoms with Gasteiger partial charge >= 0.3 is 12.1 Å². The highest BCUT2D eigenvalue weighted by molar-refractivity contribution is 5.67. The predicted molar refractivity (Wildman–Crippen MR) is 117 cm³/mol. The van der Waals surface area contributed by atoms with E-state index in [0.29, 0.717) is 36.5 Å². The third-order valence-corrected chi connectivity index (χ3v) is 5.25. The smallest absolute Gasteiger partial charge is 0.416 e. The first-order valence-electron chi connectivity index (χ1n) is 10.7. The molecule has 0 amide bonds. The zero-order valence-corrected chi connectivity index (χ0v) is 18.7. The molecule has 1 heterocycles. The molecular formula is C25H26F3NO4. The second-order valence-electron chi connectivity index (χ2n) is 8.14. The Morgan fingerprint density at radius 3 is 2.39 bits per heavy atom. The van der Waals surface area contributed by atoms with Gasteiger partial charge in [-0.1, -0.05) is 19.9 Å². The number of halogens is 3. The fourth-order valence-electron chi connectivity index (χ4n) is 3.46. The van der Waals surface area contributed by atoms with Crippen molar-refractivity contribution in [3.63, 3.8) is 0 Å². The number of ether oxygens (including phenoxy) is 1. The molecule has 176 valence electrons. The summed E-state index contributed by atoms with van der Waals surface area (Å²) in [6.45, 7) is 6.18. The SMILES string of the molecule is Cc1cc(OCCc2oc(-c3ccc(C(F)(F)F)cc3)nc2C(C)C)ccc1CCC(=O)O. The molecule has 0 atom stereocenters. The van der Waals surface area contributed by atoms with Gasteiger partial charge in [0, 0.05) is 18.4 Å². The maximum absolute atomic E-state index is 12.8. The Kier molecular flexibility index (Phi) is 7.46. The molecule has 3 aromatic rings. The molecule has 0 fully saturated rings. The van der Waals surface area contributed by atoms with Gasteiger partial charge in [0.1, 0.15) is 11.5 Å². The molecule has 0 bridgehead atoms. The van der Waals surface area contributed by atoms with E-state index in [1.807, 2.05) is 39.0 Å². The molecule has 3 rings (SSSR count). The van der Waals surface area contributed by atoms with Crippen LogP contribution in [0.3, 0.4) is 0 Å². The summed E-state index contributed by atoms with van der Waals surface area (Å²) in [7, 11) is 0. The first-order valence-corrected chi connectivity index (χ1v) is 10.7. The molecule has 0 spiro atoms. The molecule has 0 aliphatic rings. The van der Waals surface area contributed by atoms with Crippen LogP contribution in [0.15, 0.2) is 46.9 Å². The number of oxazole rings is 1. The minimum Gasteiger partial charge on any atom is -0.493 e. The Hall–Kier alpha value is -3.29. The van der Waals surface area contributed by atoms with Gasteiger partial charge in [0.2, 0.25) is 5.89 Å². The Morgan fingerprint density at radius 1 is 1.12 bits per heavy atom. The van der Waals surface area contributed by atoms with Crippen LogP contribution in [0.1, 0.15) is 54.3 Å². The highest BCUT2D eigenvalue weighted by atomic mass is 19.4. The number of nitrogens with zero attached hydrogens (tertiary/aromatic N) is 1. The summed E-state index contributed by atoms with van der Waals surface area (Å²) in [6, 6.07) is 10.3. The van der Waals surface area contributed by atoms with E-state index in [-0.39, 0.29) is 18.2 Å². The van der Waals surface area contributed by atoms with Crippen molar-refractivity contribution in [2.75, 3.05) is 6.61 Å².